The van der Waals surface area contributed by atoms with Crippen LogP contribution in [0.25, 0.3) is 0 Å². The summed E-state index contributed by atoms with van der Waals surface area (Å²) in [5, 5.41) is 12.6. The first-order valence-electron chi connectivity index (χ1n) is 5.87. The Hall–Kier alpha value is -0.870. The van der Waals surface area contributed by atoms with Crippen molar-refractivity contribution in [2.24, 2.45) is 5.92 Å². The summed E-state index contributed by atoms with van der Waals surface area (Å²) in [6.45, 7) is 1.69. The average Bonchev–Trinajstić information content (AvgIpc) is 2.55. The van der Waals surface area contributed by atoms with Crippen LogP contribution >= 0.6 is 15.9 Å². The van der Waals surface area contributed by atoms with Crippen LogP contribution in [0.2, 0.25) is 0 Å². The van der Waals surface area contributed by atoms with Gasteiger partial charge in [-0.2, -0.15) is 0 Å². The predicted molar refractivity (Wildman–Crippen MR) is 70.1 cm³/mol. The Bertz CT molecular complexity index is 391. The second-order valence-corrected chi connectivity index (χ2v) is 5.35. The Balaban J connectivity index is 2.25. The van der Waals surface area contributed by atoms with E-state index >= 15 is 0 Å². The molecule has 1 saturated heterocycles. The van der Waals surface area contributed by atoms with Crippen LogP contribution in [0.3, 0.4) is 0 Å². The van der Waals surface area contributed by atoms with E-state index < -0.39 is 5.97 Å². The molecule has 2 N–H and O–H groups in total. The normalized spacial score (nSPS) is 25.2. The fourth-order valence-corrected chi connectivity index (χ4v) is 2.71. The number of carbonyl (C=O) groups is 1. The number of nitrogens with one attached hydrogen (secondary N) is 1. The molecule has 17 heavy (non-hydrogen) atoms. The van der Waals surface area contributed by atoms with E-state index in [1.54, 1.807) is 0 Å². The van der Waals surface area contributed by atoms with Gasteiger partial charge in [-0.3, -0.25) is 4.79 Å². The number of hydrogen-bond acceptors (Lipinski definition) is 2. The van der Waals surface area contributed by atoms with Gasteiger partial charge >= 0.3 is 5.97 Å². The second-order valence-electron chi connectivity index (χ2n) is 4.43. The van der Waals surface area contributed by atoms with Crippen molar-refractivity contribution in [2.75, 3.05) is 13.1 Å². The van der Waals surface area contributed by atoms with E-state index in [0.29, 0.717) is 6.42 Å². The number of benzene rings is 1. The Kier molecular flexibility index (Phi) is 4.18. The smallest absolute Gasteiger partial charge is 0.307 e. The lowest BCUT2D eigenvalue weighted by molar-refractivity contribution is -0.142. The zero-order chi connectivity index (χ0) is 12.3. The highest BCUT2D eigenvalue weighted by molar-refractivity contribution is 9.10. The minimum absolute atomic E-state index is 0.121. The third-order valence-electron chi connectivity index (χ3n) is 3.37. The SMILES string of the molecule is O=C(O)C1CCNCCC1c1ccc(Br)cc1. The highest BCUT2D eigenvalue weighted by Crippen LogP contribution is 2.32. The van der Waals surface area contributed by atoms with E-state index in [1.165, 1.54) is 0 Å². The largest absolute Gasteiger partial charge is 0.481 e. The van der Waals surface area contributed by atoms with Crippen molar-refractivity contribution < 1.29 is 9.90 Å². The van der Waals surface area contributed by atoms with E-state index in [4.69, 9.17) is 0 Å². The Labute approximate surface area is 109 Å². The standard InChI is InChI=1S/C13H16BrNO2/c14-10-3-1-9(2-4-10)11-5-7-15-8-6-12(11)13(16)17/h1-4,11-12,15H,5-8H2,(H,16,17). The molecule has 0 saturated carbocycles. The summed E-state index contributed by atoms with van der Waals surface area (Å²) in [5.41, 5.74) is 1.13. The zero-order valence-electron chi connectivity index (χ0n) is 9.53. The van der Waals surface area contributed by atoms with Crippen molar-refractivity contribution in [2.45, 2.75) is 18.8 Å². The summed E-state index contributed by atoms with van der Waals surface area (Å²) in [7, 11) is 0. The first-order valence-corrected chi connectivity index (χ1v) is 6.67. The highest BCUT2D eigenvalue weighted by Gasteiger charge is 2.30. The summed E-state index contributed by atoms with van der Waals surface area (Å²) < 4.78 is 1.03. The number of rotatable bonds is 2. The quantitative estimate of drug-likeness (QED) is 0.882. The molecule has 2 unspecified atom stereocenters. The number of carboxylic acid groups (broad SMARTS) is 1. The van der Waals surface area contributed by atoms with E-state index in [9.17, 15) is 9.90 Å². The molecule has 1 fully saturated rings. The van der Waals surface area contributed by atoms with Crippen molar-refractivity contribution in [1.29, 1.82) is 0 Å². The molecule has 0 spiro atoms. The summed E-state index contributed by atoms with van der Waals surface area (Å²) in [4.78, 5) is 11.3. The van der Waals surface area contributed by atoms with E-state index in [1.807, 2.05) is 24.3 Å². The molecule has 0 amide bonds. The van der Waals surface area contributed by atoms with Crippen molar-refractivity contribution in [3.63, 3.8) is 0 Å². The van der Waals surface area contributed by atoms with E-state index in [-0.39, 0.29) is 11.8 Å². The van der Waals surface area contributed by atoms with Crippen molar-refractivity contribution >= 4 is 21.9 Å². The van der Waals surface area contributed by atoms with Crippen molar-refractivity contribution in [3.8, 4) is 0 Å². The lowest BCUT2D eigenvalue weighted by atomic mass is 9.82. The molecule has 1 aliphatic rings. The summed E-state index contributed by atoms with van der Waals surface area (Å²) in [6, 6.07) is 8.01. The van der Waals surface area contributed by atoms with Gasteiger partial charge in [-0.1, -0.05) is 28.1 Å². The summed E-state index contributed by atoms with van der Waals surface area (Å²) in [6.07, 6.45) is 1.59. The first-order chi connectivity index (χ1) is 8.18. The van der Waals surface area contributed by atoms with Gasteiger partial charge in [-0.25, -0.2) is 0 Å². The maximum Gasteiger partial charge on any atom is 0.307 e. The van der Waals surface area contributed by atoms with Gasteiger partial charge in [-0.15, -0.1) is 0 Å². The van der Waals surface area contributed by atoms with Gasteiger partial charge in [0.15, 0.2) is 0 Å². The van der Waals surface area contributed by atoms with Crippen molar-refractivity contribution in [1.82, 2.24) is 5.32 Å². The third-order valence-corrected chi connectivity index (χ3v) is 3.89. The monoisotopic (exact) mass is 297 g/mol. The molecule has 0 aliphatic carbocycles. The Morgan fingerprint density at radius 1 is 1.24 bits per heavy atom. The Morgan fingerprint density at radius 3 is 2.53 bits per heavy atom. The Morgan fingerprint density at radius 2 is 1.88 bits per heavy atom. The summed E-state index contributed by atoms with van der Waals surface area (Å²) in [5.74, 6) is -0.830. The van der Waals surface area contributed by atoms with Crippen LogP contribution in [-0.2, 0) is 4.79 Å². The van der Waals surface area contributed by atoms with Gasteiger partial charge < -0.3 is 10.4 Å². The number of carboxylic acids is 1. The average molecular weight is 298 g/mol. The molecule has 0 bridgehead atoms. The molecule has 1 aromatic rings. The number of aliphatic carboxylic acids is 1. The highest BCUT2D eigenvalue weighted by atomic mass is 79.9. The van der Waals surface area contributed by atoms with Gasteiger partial charge in [0.25, 0.3) is 0 Å². The van der Waals surface area contributed by atoms with Crippen LogP contribution in [0.4, 0.5) is 0 Å². The predicted octanol–water partition coefficient (Wildman–Crippen LogP) is 2.62. The van der Waals surface area contributed by atoms with Crippen LogP contribution in [0.1, 0.15) is 24.3 Å². The minimum Gasteiger partial charge on any atom is -0.481 e. The van der Waals surface area contributed by atoms with Gasteiger partial charge in [0.1, 0.15) is 0 Å². The molecule has 0 aromatic heterocycles. The summed E-state index contributed by atoms with van der Waals surface area (Å²) >= 11 is 3.40. The van der Waals surface area contributed by atoms with Crippen LogP contribution in [0, 0.1) is 5.92 Å². The van der Waals surface area contributed by atoms with Crippen LogP contribution < -0.4 is 5.32 Å². The van der Waals surface area contributed by atoms with Gasteiger partial charge in [-0.05, 0) is 49.5 Å². The molecule has 4 heteroatoms. The molecular weight excluding hydrogens is 282 g/mol. The van der Waals surface area contributed by atoms with Crippen LogP contribution in [-0.4, -0.2) is 24.2 Å². The first kappa shape index (κ1) is 12.6. The number of halogens is 1. The number of hydrogen-bond donors (Lipinski definition) is 2. The molecular formula is C13H16BrNO2. The molecule has 1 heterocycles. The van der Waals surface area contributed by atoms with Crippen LogP contribution in [0.15, 0.2) is 28.7 Å². The molecule has 1 aromatic carbocycles. The molecule has 0 radical (unpaired) electrons. The molecule has 3 nitrogen and oxygen atoms in total. The van der Waals surface area contributed by atoms with E-state index in [0.717, 1.165) is 29.5 Å². The molecule has 92 valence electrons. The molecule has 2 atom stereocenters. The van der Waals surface area contributed by atoms with Crippen LogP contribution in [0.5, 0.6) is 0 Å². The van der Waals surface area contributed by atoms with E-state index in [2.05, 4.69) is 21.2 Å². The van der Waals surface area contributed by atoms with Gasteiger partial charge in [0.2, 0.25) is 0 Å². The minimum atomic E-state index is -0.679. The second kappa shape index (κ2) is 5.65. The maximum absolute atomic E-state index is 11.3. The molecule has 2 rings (SSSR count). The topological polar surface area (TPSA) is 49.3 Å². The van der Waals surface area contributed by atoms with Gasteiger partial charge in [0.05, 0.1) is 5.92 Å². The van der Waals surface area contributed by atoms with Gasteiger partial charge in [0, 0.05) is 4.47 Å². The fourth-order valence-electron chi connectivity index (χ4n) is 2.45. The van der Waals surface area contributed by atoms with Crippen molar-refractivity contribution in [3.05, 3.63) is 34.3 Å². The molecule has 1 aliphatic heterocycles. The zero-order valence-corrected chi connectivity index (χ0v) is 11.1. The lowest BCUT2D eigenvalue weighted by Gasteiger charge is -2.21. The maximum atomic E-state index is 11.3. The third kappa shape index (κ3) is 3.07. The lowest BCUT2D eigenvalue weighted by Crippen LogP contribution is -2.22. The fraction of sp³-hybridized carbons (Fsp3) is 0.462.